The summed E-state index contributed by atoms with van der Waals surface area (Å²) in [5.41, 5.74) is 6.55. The lowest BCUT2D eigenvalue weighted by molar-refractivity contribution is -0.122. The maximum absolute atomic E-state index is 13.8. The number of benzene rings is 2. The van der Waals surface area contributed by atoms with Crippen LogP contribution in [0, 0.1) is 5.82 Å². The van der Waals surface area contributed by atoms with Crippen LogP contribution in [0.1, 0.15) is 29.8 Å². The molecule has 0 fully saturated rings. The topological polar surface area (TPSA) is 64.7 Å². The third kappa shape index (κ3) is 6.44. The van der Waals surface area contributed by atoms with Crippen molar-refractivity contribution < 1.29 is 14.0 Å². The molecule has 6 nitrogen and oxygen atoms in total. The van der Waals surface area contributed by atoms with Gasteiger partial charge in [0.15, 0.2) is 0 Å². The fourth-order valence-corrected chi connectivity index (χ4v) is 3.13. The molecular formula is C21H26ClFN4O2. The van der Waals surface area contributed by atoms with Crippen LogP contribution in [0.25, 0.3) is 0 Å². The Hall–Kier alpha value is -2.64. The van der Waals surface area contributed by atoms with Crippen molar-refractivity contribution in [2.75, 3.05) is 31.6 Å². The van der Waals surface area contributed by atoms with Gasteiger partial charge in [-0.3, -0.25) is 25.3 Å². The van der Waals surface area contributed by atoms with Crippen LogP contribution < -0.4 is 15.8 Å². The summed E-state index contributed by atoms with van der Waals surface area (Å²) >= 11 is 6.00. The summed E-state index contributed by atoms with van der Waals surface area (Å²) in [4.78, 5) is 28.1. The first kappa shape index (κ1) is 22.6. The Labute approximate surface area is 175 Å². The maximum Gasteiger partial charge on any atom is 0.269 e. The van der Waals surface area contributed by atoms with Gasteiger partial charge >= 0.3 is 0 Å². The Morgan fingerprint density at radius 3 is 2.28 bits per heavy atom. The van der Waals surface area contributed by atoms with Crippen LogP contribution in [0.4, 0.5) is 10.1 Å². The molecule has 0 aliphatic heterocycles. The molecule has 8 heteroatoms. The zero-order valence-electron chi connectivity index (χ0n) is 16.8. The predicted molar refractivity (Wildman–Crippen MR) is 113 cm³/mol. The van der Waals surface area contributed by atoms with Crippen LogP contribution in [0.3, 0.4) is 0 Å². The van der Waals surface area contributed by atoms with Crippen molar-refractivity contribution in [3.8, 4) is 0 Å². The summed E-state index contributed by atoms with van der Waals surface area (Å²) < 4.78 is 13.8. The first-order valence-electron chi connectivity index (χ1n) is 9.41. The number of likely N-dealkylation sites (N-methyl/N-ethyl adjacent to an activating group) is 1. The third-order valence-electron chi connectivity index (χ3n) is 4.48. The van der Waals surface area contributed by atoms with Crippen molar-refractivity contribution in [1.82, 2.24) is 15.8 Å². The molecule has 0 saturated heterocycles. The summed E-state index contributed by atoms with van der Waals surface area (Å²) in [7, 11) is 1.66. The summed E-state index contributed by atoms with van der Waals surface area (Å²) in [6, 6.07) is 11.6. The van der Waals surface area contributed by atoms with Gasteiger partial charge in [-0.15, -0.1) is 0 Å². The quantitative estimate of drug-likeness (QED) is 0.643. The van der Waals surface area contributed by atoms with E-state index >= 15 is 0 Å². The first-order valence-corrected chi connectivity index (χ1v) is 9.79. The van der Waals surface area contributed by atoms with Crippen LogP contribution in [0.15, 0.2) is 42.5 Å². The fraction of sp³-hybridized carbons (Fsp3) is 0.333. The second-order valence-corrected chi connectivity index (χ2v) is 7.00. The molecule has 0 aliphatic rings. The highest BCUT2D eigenvalue weighted by Gasteiger charge is 2.13. The smallest absolute Gasteiger partial charge is 0.269 e. The Morgan fingerprint density at radius 2 is 1.69 bits per heavy atom. The standard InChI is InChI=1S/C21H26ClFN4O2/c1-4-27(5-2)16-11-9-15(10-12-16)21(29)25-24-20(28)14-26(3)13-17-18(22)7-6-8-19(17)23/h6-12H,4-5,13-14H2,1-3H3,(H,24,28)(H,25,29). The van der Waals surface area contributed by atoms with Gasteiger partial charge in [0.1, 0.15) is 5.82 Å². The van der Waals surface area contributed by atoms with Crippen LogP contribution in [-0.4, -0.2) is 43.4 Å². The highest BCUT2D eigenvalue weighted by molar-refractivity contribution is 6.31. The molecule has 0 heterocycles. The number of halogens is 2. The highest BCUT2D eigenvalue weighted by Crippen LogP contribution is 2.20. The van der Waals surface area contributed by atoms with E-state index in [0.717, 1.165) is 18.8 Å². The van der Waals surface area contributed by atoms with Gasteiger partial charge in [-0.1, -0.05) is 17.7 Å². The lowest BCUT2D eigenvalue weighted by Gasteiger charge is -2.21. The number of hydrogen-bond acceptors (Lipinski definition) is 4. The van der Waals surface area contributed by atoms with Gasteiger partial charge in [0.2, 0.25) is 0 Å². The molecule has 2 N–H and O–H groups in total. The predicted octanol–water partition coefficient (Wildman–Crippen LogP) is 3.22. The van der Waals surface area contributed by atoms with E-state index in [4.69, 9.17) is 11.6 Å². The molecular weight excluding hydrogens is 395 g/mol. The molecule has 0 bridgehead atoms. The van der Waals surface area contributed by atoms with Crippen molar-refractivity contribution in [2.45, 2.75) is 20.4 Å². The minimum Gasteiger partial charge on any atom is -0.372 e. The van der Waals surface area contributed by atoms with E-state index in [2.05, 4.69) is 29.6 Å². The molecule has 0 aromatic heterocycles. The van der Waals surface area contributed by atoms with E-state index in [1.54, 1.807) is 30.1 Å². The fourth-order valence-electron chi connectivity index (χ4n) is 2.90. The van der Waals surface area contributed by atoms with E-state index in [1.165, 1.54) is 12.1 Å². The number of anilines is 1. The van der Waals surface area contributed by atoms with Crippen molar-refractivity contribution in [3.05, 3.63) is 64.4 Å². The maximum atomic E-state index is 13.8. The van der Waals surface area contributed by atoms with Gasteiger partial charge in [-0.25, -0.2) is 4.39 Å². The zero-order valence-corrected chi connectivity index (χ0v) is 17.6. The SMILES string of the molecule is CCN(CC)c1ccc(C(=O)NNC(=O)CN(C)Cc2c(F)cccc2Cl)cc1. The molecule has 0 spiro atoms. The van der Waals surface area contributed by atoms with Gasteiger partial charge in [-0.05, 0) is 57.3 Å². The number of hydrazine groups is 1. The highest BCUT2D eigenvalue weighted by atomic mass is 35.5. The first-order chi connectivity index (χ1) is 13.8. The number of carbonyl (C=O) groups excluding carboxylic acids is 2. The molecule has 0 aliphatic carbocycles. The average Bonchev–Trinajstić information content (AvgIpc) is 2.70. The molecule has 156 valence electrons. The van der Waals surface area contributed by atoms with Gasteiger partial charge in [0, 0.05) is 41.5 Å². The third-order valence-corrected chi connectivity index (χ3v) is 4.83. The number of amides is 2. The van der Waals surface area contributed by atoms with Crippen molar-refractivity contribution in [3.63, 3.8) is 0 Å². The Kier molecular flexibility index (Phi) is 8.42. The van der Waals surface area contributed by atoms with E-state index in [0.29, 0.717) is 16.1 Å². The summed E-state index contributed by atoms with van der Waals surface area (Å²) in [5, 5.41) is 0.304. The minimum atomic E-state index is -0.425. The van der Waals surface area contributed by atoms with Crippen LogP contribution in [-0.2, 0) is 11.3 Å². The van der Waals surface area contributed by atoms with E-state index in [9.17, 15) is 14.0 Å². The lowest BCUT2D eigenvalue weighted by atomic mass is 10.2. The molecule has 2 aromatic rings. The number of nitrogens with zero attached hydrogens (tertiary/aromatic N) is 2. The molecule has 29 heavy (non-hydrogen) atoms. The minimum absolute atomic E-state index is 0.0359. The second-order valence-electron chi connectivity index (χ2n) is 6.59. The Balaban J connectivity index is 1.84. The monoisotopic (exact) mass is 420 g/mol. The molecule has 2 aromatic carbocycles. The number of hydrogen-bond donors (Lipinski definition) is 2. The van der Waals surface area contributed by atoms with Crippen LogP contribution in [0.5, 0.6) is 0 Å². The van der Waals surface area contributed by atoms with Gasteiger partial charge in [-0.2, -0.15) is 0 Å². The summed E-state index contributed by atoms with van der Waals surface area (Å²) in [5.74, 6) is -1.26. The normalized spacial score (nSPS) is 10.7. The number of nitrogens with one attached hydrogen (secondary N) is 2. The number of rotatable bonds is 8. The molecule has 0 unspecified atom stereocenters. The van der Waals surface area contributed by atoms with Crippen LogP contribution >= 0.6 is 11.6 Å². The molecule has 0 atom stereocenters. The molecule has 2 amide bonds. The van der Waals surface area contributed by atoms with E-state index < -0.39 is 17.6 Å². The van der Waals surface area contributed by atoms with Crippen molar-refractivity contribution >= 4 is 29.1 Å². The van der Waals surface area contributed by atoms with Gasteiger partial charge < -0.3 is 4.90 Å². The largest absolute Gasteiger partial charge is 0.372 e. The van der Waals surface area contributed by atoms with E-state index in [1.807, 2.05) is 12.1 Å². The van der Waals surface area contributed by atoms with Crippen molar-refractivity contribution in [2.24, 2.45) is 0 Å². The molecule has 2 rings (SSSR count). The van der Waals surface area contributed by atoms with Crippen molar-refractivity contribution in [1.29, 1.82) is 0 Å². The Morgan fingerprint density at radius 1 is 1.03 bits per heavy atom. The average molecular weight is 421 g/mol. The Bertz CT molecular complexity index is 821. The molecule has 0 radical (unpaired) electrons. The van der Waals surface area contributed by atoms with E-state index in [-0.39, 0.29) is 13.1 Å². The zero-order chi connectivity index (χ0) is 21.4. The van der Waals surface area contributed by atoms with Gasteiger partial charge in [0.05, 0.1) is 6.54 Å². The second kappa shape index (κ2) is 10.8. The number of carbonyl (C=O) groups is 2. The van der Waals surface area contributed by atoms with Crippen LogP contribution in [0.2, 0.25) is 5.02 Å². The lowest BCUT2D eigenvalue weighted by Crippen LogP contribution is -2.45. The van der Waals surface area contributed by atoms with Gasteiger partial charge in [0.25, 0.3) is 11.8 Å². The summed E-state index contributed by atoms with van der Waals surface area (Å²) in [6.07, 6.45) is 0. The molecule has 0 saturated carbocycles. The summed E-state index contributed by atoms with van der Waals surface area (Å²) in [6.45, 7) is 6.02.